The predicted molar refractivity (Wildman–Crippen MR) is 91.0 cm³/mol. The first-order valence-electron chi connectivity index (χ1n) is 7.27. The van der Waals surface area contributed by atoms with E-state index in [1.54, 1.807) is 55.6 Å². The molecule has 122 valence electrons. The Hall–Kier alpha value is -2.02. The average molecular weight is 332 g/mol. The number of nitrogens with one attached hydrogen (secondary N) is 1. The van der Waals surface area contributed by atoms with Crippen LogP contribution >= 0.6 is 0 Å². The van der Waals surface area contributed by atoms with E-state index in [2.05, 4.69) is 5.32 Å². The lowest BCUT2D eigenvalue weighted by molar-refractivity contribution is -0.117. The summed E-state index contributed by atoms with van der Waals surface area (Å²) in [6.45, 7) is 1.85. The summed E-state index contributed by atoms with van der Waals surface area (Å²) in [6.07, 6.45) is 0.557. The van der Waals surface area contributed by atoms with E-state index in [1.807, 2.05) is 6.92 Å². The van der Waals surface area contributed by atoms with Gasteiger partial charge in [-0.05, 0) is 30.7 Å². The van der Waals surface area contributed by atoms with Gasteiger partial charge < -0.3 is 20.3 Å². The molecule has 0 radical (unpaired) electrons. The Morgan fingerprint density at radius 1 is 1.26 bits per heavy atom. The topological polar surface area (TPSA) is 87.4 Å². The molecule has 0 saturated heterocycles. The molecule has 2 rings (SSSR count). The molecule has 2 aromatic rings. The van der Waals surface area contributed by atoms with Crippen LogP contribution in [0.5, 0.6) is 5.75 Å². The summed E-state index contributed by atoms with van der Waals surface area (Å²) in [5.74, 6) is 0.394. The number of hydrogen-bond donors (Lipinski definition) is 2. The van der Waals surface area contributed by atoms with Crippen molar-refractivity contribution in [2.24, 2.45) is 5.73 Å². The Labute approximate surface area is 139 Å². The van der Waals surface area contributed by atoms with Gasteiger partial charge in [0.25, 0.3) is 0 Å². The SMILES string of the molecule is CCC(N)C(=O)Nc1cccc([S+]([O-])c2cccc(OC)c2)c1. The van der Waals surface area contributed by atoms with Gasteiger partial charge in [-0.25, -0.2) is 0 Å². The lowest BCUT2D eigenvalue weighted by Crippen LogP contribution is -2.34. The molecule has 0 aliphatic heterocycles. The van der Waals surface area contributed by atoms with E-state index in [0.717, 1.165) is 0 Å². The fraction of sp³-hybridized carbons (Fsp3) is 0.235. The molecule has 2 aromatic carbocycles. The van der Waals surface area contributed by atoms with Gasteiger partial charge in [0.05, 0.1) is 13.2 Å². The molecule has 5 nitrogen and oxygen atoms in total. The van der Waals surface area contributed by atoms with Crippen LogP contribution in [0.2, 0.25) is 0 Å². The monoisotopic (exact) mass is 332 g/mol. The molecule has 0 fully saturated rings. The van der Waals surface area contributed by atoms with Crippen molar-refractivity contribution >= 4 is 22.8 Å². The third-order valence-corrected chi connectivity index (χ3v) is 4.71. The molecule has 2 unspecified atom stereocenters. The van der Waals surface area contributed by atoms with E-state index in [4.69, 9.17) is 10.5 Å². The molecule has 6 heteroatoms. The Morgan fingerprint density at radius 3 is 2.57 bits per heavy atom. The Kier molecular flexibility index (Phi) is 6.04. The van der Waals surface area contributed by atoms with Crippen LogP contribution in [0.25, 0.3) is 0 Å². The van der Waals surface area contributed by atoms with E-state index in [0.29, 0.717) is 27.6 Å². The van der Waals surface area contributed by atoms with Gasteiger partial charge in [-0.2, -0.15) is 0 Å². The fourth-order valence-electron chi connectivity index (χ4n) is 1.96. The predicted octanol–water partition coefficient (Wildman–Crippen LogP) is 2.54. The van der Waals surface area contributed by atoms with Gasteiger partial charge in [0.15, 0.2) is 9.79 Å². The van der Waals surface area contributed by atoms with Gasteiger partial charge in [-0.1, -0.05) is 19.1 Å². The number of ether oxygens (including phenoxy) is 1. The number of anilines is 1. The highest BCUT2D eigenvalue weighted by Gasteiger charge is 2.17. The first-order chi connectivity index (χ1) is 11.0. The van der Waals surface area contributed by atoms with E-state index in [1.165, 1.54) is 0 Å². The Bertz CT molecular complexity index is 678. The summed E-state index contributed by atoms with van der Waals surface area (Å²) in [5, 5.41) is 2.74. The van der Waals surface area contributed by atoms with Crippen LogP contribution < -0.4 is 15.8 Å². The zero-order valence-electron chi connectivity index (χ0n) is 13.1. The molecule has 0 aliphatic carbocycles. The van der Waals surface area contributed by atoms with Crippen molar-refractivity contribution < 1.29 is 14.1 Å². The van der Waals surface area contributed by atoms with Crippen molar-refractivity contribution in [1.29, 1.82) is 0 Å². The van der Waals surface area contributed by atoms with Crippen LogP contribution in [0.3, 0.4) is 0 Å². The summed E-state index contributed by atoms with van der Waals surface area (Å²) in [5.41, 5.74) is 6.28. The number of nitrogens with two attached hydrogens (primary N) is 1. The smallest absolute Gasteiger partial charge is 0.241 e. The second-order valence-corrected chi connectivity index (χ2v) is 6.46. The maximum absolute atomic E-state index is 12.7. The number of rotatable bonds is 6. The molecular weight excluding hydrogens is 312 g/mol. The standard InChI is InChI=1S/C17H20N2O3S/c1-3-16(18)17(20)19-12-6-4-8-14(10-12)23(21)15-9-5-7-13(11-15)22-2/h4-11,16H,3,18H2,1-2H3,(H,19,20). The Balaban J connectivity index is 2.19. The highest BCUT2D eigenvalue weighted by atomic mass is 32.2. The van der Waals surface area contributed by atoms with Crippen molar-refractivity contribution in [3.8, 4) is 5.75 Å². The largest absolute Gasteiger partial charge is 0.606 e. The highest BCUT2D eigenvalue weighted by molar-refractivity contribution is 7.91. The average Bonchev–Trinajstić information content (AvgIpc) is 2.60. The van der Waals surface area contributed by atoms with Gasteiger partial charge in [-0.3, -0.25) is 4.79 Å². The second kappa shape index (κ2) is 8.01. The molecular formula is C17H20N2O3S. The normalized spacial score (nSPS) is 13.2. The summed E-state index contributed by atoms with van der Waals surface area (Å²) in [6, 6.07) is 13.5. The van der Waals surface area contributed by atoms with Crippen molar-refractivity contribution in [2.45, 2.75) is 29.2 Å². The quantitative estimate of drug-likeness (QED) is 0.796. The van der Waals surface area contributed by atoms with Gasteiger partial charge in [0, 0.05) is 29.0 Å². The first kappa shape index (κ1) is 17.3. The van der Waals surface area contributed by atoms with Gasteiger partial charge in [0.1, 0.15) is 5.75 Å². The Morgan fingerprint density at radius 2 is 1.91 bits per heavy atom. The summed E-state index contributed by atoms with van der Waals surface area (Å²) >= 11 is -1.36. The van der Waals surface area contributed by atoms with E-state index in [-0.39, 0.29) is 5.91 Å². The summed E-state index contributed by atoms with van der Waals surface area (Å²) in [4.78, 5) is 13.1. The van der Waals surface area contributed by atoms with Crippen molar-refractivity contribution in [2.75, 3.05) is 12.4 Å². The summed E-state index contributed by atoms with van der Waals surface area (Å²) < 4.78 is 17.8. The van der Waals surface area contributed by atoms with Crippen LogP contribution in [0, 0.1) is 0 Å². The maximum atomic E-state index is 12.7. The van der Waals surface area contributed by atoms with Gasteiger partial charge in [0.2, 0.25) is 5.91 Å². The number of benzene rings is 2. The lowest BCUT2D eigenvalue weighted by Gasteiger charge is -2.13. The molecule has 0 saturated carbocycles. The molecule has 3 N–H and O–H groups in total. The molecule has 2 atom stereocenters. The van der Waals surface area contributed by atoms with Crippen molar-refractivity contribution in [1.82, 2.24) is 0 Å². The van der Waals surface area contributed by atoms with Crippen LogP contribution in [0.15, 0.2) is 58.3 Å². The van der Waals surface area contributed by atoms with E-state index >= 15 is 0 Å². The zero-order chi connectivity index (χ0) is 16.8. The number of hydrogen-bond acceptors (Lipinski definition) is 4. The van der Waals surface area contributed by atoms with E-state index < -0.39 is 17.2 Å². The van der Waals surface area contributed by atoms with Crippen LogP contribution in [-0.4, -0.2) is 23.6 Å². The van der Waals surface area contributed by atoms with E-state index in [9.17, 15) is 9.35 Å². The molecule has 23 heavy (non-hydrogen) atoms. The van der Waals surface area contributed by atoms with Crippen molar-refractivity contribution in [3.63, 3.8) is 0 Å². The van der Waals surface area contributed by atoms with Crippen LogP contribution in [0.1, 0.15) is 13.3 Å². The zero-order valence-corrected chi connectivity index (χ0v) is 13.9. The van der Waals surface area contributed by atoms with Gasteiger partial charge >= 0.3 is 0 Å². The molecule has 0 spiro atoms. The van der Waals surface area contributed by atoms with Gasteiger partial charge in [-0.15, -0.1) is 0 Å². The first-order valence-corrected chi connectivity index (χ1v) is 8.42. The molecule has 0 heterocycles. The minimum absolute atomic E-state index is 0.253. The number of carbonyl (C=O) groups excluding carboxylic acids is 1. The fourth-order valence-corrected chi connectivity index (χ4v) is 3.10. The number of amides is 1. The molecule has 0 bridgehead atoms. The minimum Gasteiger partial charge on any atom is -0.606 e. The summed E-state index contributed by atoms with van der Waals surface area (Å²) in [7, 11) is 1.56. The second-order valence-electron chi connectivity index (χ2n) is 4.98. The molecule has 0 aromatic heterocycles. The highest BCUT2D eigenvalue weighted by Crippen LogP contribution is 2.25. The molecule has 0 aliphatic rings. The van der Waals surface area contributed by atoms with Crippen LogP contribution in [0.4, 0.5) is 5.69 Å². The third-order valence-electron chi connectivity index (χ3n) is 3.35. The van der Waals surface area contributed by atoms with Crippen LogP contribution in [-0.2, 0) is 16.0 Å². The minimum atomic E-state index is -1.36. The lowest BCUT2D eigenvalue weighted by atomic mass is 10.2. The molecule has 1 amide bonds. The number of carbonyl (C=O) groups is 1. The number of methoxy groups -OCH3 is 1. The maximum Gasteiger partial charge on any atom is 0.241 e. The third kappa shape index (κ3) is 4.48. The van der Waals surface area contributed by atoms with Crippen molar-refractivity contribution in [3.05, 3.63) is 48.5 Å².